The summed E-state index contributed by atoms with van der Waals surface area (Å²) in [4.78, 5) is 0. The molecule has 1 aromatic carbocycles. The Kier molecular flexibility index (Phi) is 2.92. The Hall–Kier alpha value is -1.81. The summed E-state index contributed by atoms with van der Waals surface area (Å²) in [7, 11) is 0. The first kappa shape index (κ1) is 10.7. The highest BCUT2D eigenvalue weighted by Crippen LogP contribution is 2.21. The van der Waals surface area contributed by atoms with Crippen LogP contribution in [0.1, 0.15) is 12.7 Å². The van der Waals surface area contributed by atoms with E-state index in [1.807, 2.05) is 12.1 Å². The second kappa shape index (κ2) is 4.37. The number of hydrogen-bond acceptors (Lipinski definition) is 4. The van der Waals surface area contributed by atoms with Crippen molar-refractivity contribution in [2.24, 2.45) is 5.16 Å². The van der Waals surface area contributed by atoms with Crippen LogP contribution in [-0.2, 0) is 0 Å². The summed E-state index contributed by atoms with van der Waals surface area (Å²) in [6, 6.07) is 8.94. The zero-order valence-electron chi connectivity index (χ0n) is 8.51. The second-order valence-electron chi connectivity index (χ2n) is 3.27. The Balaban J connectivity index is 2.35. The third-order valence-corrected chi connectivity index (χ3v) is 2.41. The summed E-state index contributed by atoms with van der Waals surface area (Å²) < 4.78 is 5.03. The number of aromatic nitrogens is 1. The third-order valence-electron chi connectivity index (χ3n) is 2.16. The summed E-state index contributed by atoms with van der Waals surface area (Å²) >= 11 is 5.78. The molecule has 2 rings (SSSR count). The predicted octanol–water partition coefficient (Wildman–Crippen LogP) is 3.19. The molecule has 1 heterocycles. The maximum absolute atomic E-state index is 8.59. The molecule has 0 bridgehead atoms. The SMILES string of the molecule is C/C(=N/O)c1cc(-c2ccc(Cl)cc2)no1. The smallest absolute Gasteiger partial charge is 0.184 e. The summed E-state index contributed by atoms with van der Waals surface area (Å²) in [5.41, 5.74) is 1.95. The lowest BCUT2D eigenvalue weighted by Crippen LogP contribution is -1.89. The topological polar surface area (TPSA) is 58.6 Å². The highest BCUT2D eigenvalue weighted by Gasteiger charge is 2.08. The van der Waals surface area contributed by atoms with Crippen molar-refractivity contribution in [2.75, 3.05) is 0 Å². The summed E-state index contributed by atoms with van der Waals surface area (Å²) in [6.07, 6.45) is 0. The molecule has 1 N–H and O–H groups in total. The monoisotopic (exact) mass is 236 g/mol. The Bertz CT molecular complexity index is 517. The van der Waals surface area contributed by atoms with E-state index < -0.39 is 0 Å². The third kappa shape index (κ3) is 2.06. The van der Waals surface area contributed by atoms with E-state index in [0.717, 1.165) is 5.56 Å². The average Bonchev–Trinajstić information content (AvgIpc) is 2.78. The van der Waals surface area contributed by atoms with Crippen LogP contribution in [0.25, 0.3) is 11.3 Å². The number of nitrogens with zero attached hydrogens (tertiary/aromatic N) is 2. The van der Waals surface area contributed by atoms with Gasteiger partial charge in [-0.25, -0.2) is 0 Å². The van der Waals surface area contributed by atoms with E-state index in [0.29, 0.717) is 22.2 Å². The van der Waals surface area contributed by atoms with E-state index in [1.165, 1.54) is 0 Å². The Labute approximate surface area is 97.1 Å². The predicted molar refractivity (Wildman–Crippen MR) is 60.9 cm³/mol. The van der Waals surface area contributed by atoms with Gasteiger partial charge < -0.3 is 9.73 Å². The van der Waals surface area contributed by atoms with Crippen LogP contribution in [0.5, 0.6) is 0 Å². The quantitative estimate of drug-likeness (QED) is 0.495. The van der Waals surface area contributed by atoms with Crippen LogP contribution in [0.2, 0.25) is 5.02 Å². The summed E-state index contributed by atoms with van der Waals surface area (Å²) in [6.45, 7) is 1.63. The molecule has 0 aliphatic heterocycles. The molecule has 4 nitrogen and oxygen atoms in total. The number of oxime groups is 1. The molecular weight excluding hydrogens is 228 g/mol. The normalized spacial score (nSPS) is 11.8. The molecule has 0 aliphatic carbocycles. The van der Waals surface area contributed by atoms with Crippen LogP contribution in [0.15, 0.2) is 40.0 Å². The Morgan fingerprint density at radius 3 is 2.69 bits per heavy atom. The maximum atomic E-state index is 8.59. The minimum Gasteiger partial charge on any atom is -0.411 e. The van der Waals surface area contributed by atoms with Gasteiger partial charge in [0.15, 0.2) is 5.76 Å². The molecule has 0 atom stereocenters. The van der Waals surface area contributed by atoms with Crippen molar-refractivity contribution in [3.8, 4) is 11.3 Å². The van der Waals surface area contributed by atoms with Crippen LogP contribution in [0.4, 0.5) is 0 Å². The first-order valence-corrected chi connectivity index (χ1v) is 5.00. The fourth-order valence-electron chi connectivity index (χ4n) is 1.25. The van der Waals surface area contributed by atoms with Gasteiger partial charge in [-0.15, -0.1) is 0 Å². The summed E-state index contributed by atoms with van der Waals surface area (Å²) in [5, 5.41) is 16.2. The zero-order valence-corrected chi connectivity index (χ0v) is 9.27. The van der Waals surface area contributed by atoms with Gasteiger partial charge in [-0.1, -0.05) is 34.0 Å². The molecular formula is C11H9ClN2O2. The number of rotatable bonds is 2. The number of hydrogen-bond donors (Lipinski definition) is 1. The van der Waals surface area contributed by atoms with Gasteiger partial charge in [0.05, 0.1) is 0 Å². The van der Waals surface area contributed by atoms with Crippen molar-refractivity contribution in [3.63, 3.8) is 0 Å². The van der Waals surface area contributed by atoms with Crippen LogP contribution in [0.3, 0.4) is 0 Å². The van der Waals surface area contributed by atoms with Crippen LogP contribution in [0, 0.1) is 0 Å². The van der Waals surface area contributed by atoms with E-state index in [1.54, 1.807) is 25.1 Å². The van der Waals surface area contributed by atoms with Gasteiger partial charge in [0.2, 0.25) is 0 Å². The molecule has 0 unspecified atom stereocenters. The molecule has 0 spiro atoms. The Morgan fingerprint density at radius 1 is 1.38 bits per heavy atom. The van der Waals surface area contributed by atoms with Crippen molar-refractivity contribution in [2.45, 2.75) is 6.92 Å². The average molecular weight is 237 g/mol. The van der Waals surface area contributed by atoms with E-state index in [-0.39, 0.29) is 0 Å². The summed E-state index contributed by atoms with van der Waals surface area (Å²) in [5.74, 6) is 0.437. The lowest BCUT2D eigenvalue weighted by molar-refractivity contribution is 0.316. The molecule has 0 fully saturated rings. The minimum absolute atomic E-state index is 0.382. The molecule has 2 aromatic rings. The highest BCUT2D eigenvalue weighted by atomic mass is 35.5. The van der Waals surface area contributed by atoms with Crippen molar-refractivity contribution in [3.05, 3.63) is 41.1 Å². The Morgan fingerprint density at radius 2 is 2.06 bits per heavy atom. The fraction of sp³-hybridized carbons (Fsp3) is 0.0909. The largest absolute Gasteiger partial charge is 0.411 e. The fourth-order valence-corrected chi connectivity index (χ4v) is 1.38. The maximum Gasteiger partial charge on any atom is 0.184 e. The molecule has 0 radical (unpaired) electrons. The van der Waals surface area contributed by atoms with Crippen LogP contribution >= 0.6 is 11.6 Å². The second-order valence-corrected chi connectivity index (χ2v) is 3.71. The van der Waals surface area contributed by atoms with E-state index in [4.69, 9.17) is 21.3 Å². The van der Waals surface area contributed by atoms with Crippen LogP contribution < -0.4 is 0 Å². The molecule has 0 aliphatic rings. The molecule has 1 aromatic heterocycles. The number of benzene rings is 1. The standard InChI is InChI=1S/C11H9ClN2O2/c1-7(13-15)11-6-10(14-16-11)8-2-4-9(12)5-3-8/h2-6,15H,1H3/b13-7-. The van der Waals surface area contributed by atoms with Gasteiger partial charge in [-0.2, -0.15) is 0 Å². The van der Waals surface area contributed by atoms with Gasteiger partial charge in [0, 0.05) is 16.7 Å². The van der Waals surface area contributed by atoms with Gasteiger partial charge in [0.25, 0.3) is 0 Å². The molecule has 0 amide bonds. The lowest BCUT2D eigenvalue weighted by atomic mass is 10.1. The zero-order chi connectivity index (χ0) is 11.5. The van der Waals surface area contributed by atoms with Crippen molar-refractivity contribution < 1.29 is 9.73 Å². The van der Waals surface area contributed by atoms with Crippen molar-refractivity contribution >= 4 is 17.3 Å². The molecule has 16 heavy (non-hydrogen) atoms. The lowest BCUT2D eigenvalue weighted by Gasteiger charge is -1.94. The van der Waals surface area contributed by atoms with Gasteiger partial charge >= 0.3 is 0 Å². The van der Waals surface area contributed by atoms with Crippen molar-refractivity contribution in [1.29, 1.82) is 0 Å². The highest BCUT2D eigenvalue weighted by molar-refractivity contribution is 6.30. The molecule has 0 saturated carbocycles. The van der Waals surface area contributed by atoms with Crippen LogP contribution in [-0.4, -0.2) is 16.1 Å². The van der Waals surface area contributed by atoms with Gasteiger partial charge in [-0.05, 0) is 19.1 Å². The van der Waals surface area contributed by atoms with Crippen molar-refractivity contribution in [1.82, 2.24) is 5.16 Å². The van der Waals surface area contributed by atoms with E-state index in [9.17, 15) is 0 Å². The first-order chi connectivity index (χ1) is 7.70. The molecule has 0 saturated heterocycles. The van der Waals surface area contributed by atoms with Gasteiger partial charge in [0.1, 0.15) is 11.4 Å². The molecule has 5 heteroatoms. The van der Waals surface area contributed by atoms with Gasteiger partial charge in [-0.3, -0.25) is 0 Å². The molecule has 82 valence electrons. The first-order valence-electron chi connectivity index (χ1n) is 4.62. The minimum atomic E-state index is 0.382. The number of halogens is 1. The van der Waals surface area contributed by atoms with E-state index in [2.05, 4.69) is 10.3 Å². The van der Waals surface area contributed by atoms with E-state index >= 15 is 0 Å².